The molecule has 26 heavy (non-hydrogen) atoms. The first-order valence-corrected chi connectivity index (χ1v) is 8.88. The molecular weight excluding hydrogens is 334 g/mol. The predicted molar refractivity (Wildman–Crippen MR) is 97.1 cm³/mol. The van der Waals surface area contributed by atoms with Crippen LogP contribution in [0, 0.1) is 5.92 Å². The molecule has 7 nitrogen and oxygen atoms in total. The monoisotopic (exact) mass is 357 g/mol. The number of aromatic amines is 2. The van der Waals surface area contributed by atoms with Crippen molar-refractivity contribution in [2.24, 2.45) is 5.92 Å². The molecule has 1 fully saturated rings. The third-order valence-electron chi connectivity index (χ3n) is 4.99. The molecule has 1 aliphatic rings. The highest BCUT2D eigenvalue weighted by Crippen LogP contribution is 2.24. The van der Waals surface area contributed by atoms with Crippen LogP contribution in [0.3, 0.4) is 0 Å². The van der Waals surface area contributed by atoms with Crippen LogP contribution in [0.5, 0.6) is 0 Å². The summed E-state index contributed by atoms with van der Waals surface area (Å²) < 4.78 is 0. The van der Waals surface area contributed by atoms with E-state index in [2.05, 4.69) is 22.1 Å². The summed E-state index contributed by atoms with van der Waals surface area (Å²) in [5.74, 6) is -0.239. The number of aliphatic hydroxyl groups excluding tert-OH is 1. The molecule has 2 heterocycles. The van der Waals surface area contributed by atoms with E-state index in [-0.39, 0.29) is 17.4 Å². The van der Waals surface area contributed by atoms with Gasteiger partial charge in [-0.3, -0.25) is 14.6 Å². The number of piperidine rings is 1. The van der Waals surface area contributed by atoms with E-state index >= 15 is 0 Å². The van der Waals surface area contributed by atoms with Gasteiger partial charge >= 0.3 is 5.69 Å². The Kier molecular flexibility index (Phi) is 5.68. The summed E-state index contributed by atoms with van der Waals surface area (Å²) in [6.45, 7) is 0.981. The highest BCUT2D eigenvalue weighted by molar-refractivity contribution is 5.93. The molecule has 0 spiro atoms. The molecular formula is C19H23N3O4. The Morgan fingerprint density at radius 3 is 2.54 bits per heavy atom. The van der Waals surface area contributed by atoms with Crippen molar-refractivity contribution in [1.82, 2.24) is 14.9 Å². The highest BCUT2D eigenvalue weighted by atomic mass is 16.3. The molecule has 0 unspecified atom stereocenters. The van der Waals surface area contributed by atoms with Gasteiger partial charge in [0.25, 0.3) is 11.5 Å². The summed E-state index contributed by atoms with van der Waals surface area (Å²) in [5.41, 5.74) is -0.167. The third kappa shape index (κ3) is 4.29. The van der Waals surface area contributed by atoms with Gasteiger partial charge in [-0.25, -0.2) is 4.79 Å². The van der Waals surface area contributed by atoms with Gasteiger partial charge in [0.2, 0.25) is 0 Å². The number of carbonyl (C=O) groups excluding carboxylic acids is 1. The average Bonchev–Trinajstić information content (AvgIpc) is 2.66. The molecule has 0 radical (unpaired) electrons. The van der Waals surface area contributed by atoms with E-state index in [1.54, 1.807) is 4.90 Å². The van der Waals surface area contributed by atoms with Crippen LogP contribution >= 0.6 is 0 Å². The number of aromatic nitrogens is 2. The number of nitrogens with zero attached hydrogens (tertiary/aromatic N) is 1. The van der Waals surface area contributed by atoms with E-state index in [9.17, 15) is 19.5 Å². The molecule has 0 aliphatic carbocycles. The Labute approximate surface area is 150 Å². The van der Waals surface area contributed by atoms with Crippen molar-refractivity contribution in [1.29, 1.82) is 0 Å². The molecule has 3 N–H and O–H groups in total. The lowest BCUT2D eigenvalue weighted by Crippen LogP contribution is -2.43. The summed E-state index contributed by atoms with van der Waals surface area (Å²) in [6.07, 6.45) is 3.68. The molecule has 1 aliphatic heterocycles. The van der Waals surface area contributed by atoms with Crippen LogP contribution in [0.1, 0.15) is 35.2 Å². The predicted octanol–water partition coefficient (Wildman–Crippen LogP) is 0.909. The van der Waals surface area contributed by atoms with Crippen LogP contribution in [-0.2, 0) is 6.42 Å². The number of aliphatic hydroxyl groups is 1. The number of amides is 1. The molecule has 7 heteroatoms. The molecule has 1 atom stereocenters. The van der Waals surface area contributed by atoms with E-state index < -0.39 is 17.4 Å². The van der Waals surface area contributed by atoms with Gasteiger partial charge in [-0.2, -0.15) is 0 Å². The van der Waals surface area contributed by atoms with Gasteiger partial charge < -0.3 is 15.0 Å². The lowest BCUT2D eigenvalue weighted by atomic mass is 9.88. The molecule has 1 amide bonds. The number of aryl methyl sites for hydroxylation is 1. The van der Waals surface area contributed by atoms with Gasteiger partial charge in [0.05, 0.1) is 6.10 Å². The van der Waals surface area contributed by atoms with E-state index in [0.717, 1.165) is 12.6 Å². The van der Waals surface area contributed by atoms with Crippen LogP contribution < -0.4 is 11.2 Å². The van der Waals surface area contributed by atoms with E-state index in [0.29, 0.717) is 32.4 Å². The fraction of sp³-hybridized carbons (Fsp3) is 0.421. The molecule has 1 aromatic heterocycles. The number of hydrogen-bond acceptors (Lipinski definition) is 4. The fourth-order valence-corrected chi connectivity index (χ4v) is 3.42. The lowest BCUT2D eigenvalue weighted by Gasteiger charge is -2.34. The number of rotatable bonds is 5. The SMILES string of the molecule is O=C(c1c[nH]c(=O)[nH]c1=O)N1CCC([C@H](O)CCc2ccccc2)CC1. The van der Waals surface area contributed by atoms with E-state index in [1.807, 2.05) is 18.2 Å². The van der Waals surface area contributed by atoms with Gasteiger partial charge in [0, 0.05) is 19.3 Å². The number of carbonyl (C=O) groups is 1. The van der Waals surface area contributed by atoms with Gasteiger partial charge in [0.15, 0.2) is 0 Å². The zero-order valence-corrected chi connectivity index (χ0v) is 14.5. The standard InChI is InChI=1S/C19H23N3O4/c23-16(7-6-13-4-2-1-3-5-13)14-8-10-22(11-9-14)18(25)15-12-20-19(26)21-17(15)24/h1-5,12,14,16,23H,6-11H2,(H2,20,21,24,26)/t16-/m1/s1. The summed E-state index contributed by atoms with van der Waals surface area (Å²) in [4.78, 5) is 41.2. The smallest absolute Gasteiger partial charge is 0.325 e. The molecule has 2 aromatic rings. The maximum Gasteiger partial charge on any atom is 0.325 e. The largest absolute Gasteiger partial charge is 0.393 e. The zero-order valence-electron chi connectivity index (χ0n) is 14.5. The number of likely N-dealkylation sites (tertiary alicyclic amines) is 1. The second-order valence-corrected chi connectivity index (χ2v) is 6.71. The van der Waals surface area contributed by atoms with Crippen molar-refractivity contribution < 1.29 is 9.90 Å². The van der Waals surface area contributed by atoms with Crippen LogP contribution in [-0.4, -0.2) is 45.1 Å². The van der Waals surface area contributed by atoms with Gasteiger partial charge in [-0.1, -0.05) is 30.3 Å². The van der Waals surface area contributed by atoms with Crippen molar-refractivity contribution >= 4 is 5.91 Å². The Morgan fingerprint density at radius 1 is 1.19 bits per heavy atom. The fourth-order valence-electron chi connectivity index (χ4n) is 3.42. The maximum atomic E-state index is 12.4. The average molecular weight is 357 g/mol. The number of nitrogens with one attached hydrogen (secondary N) is 2. The quantitative estimate of drug-likeness (QED) is 0.739. The van der Waals surface area contributed by atoms with Crippen molar-refractivity contribution in [3.63, 3.8) is 0 Å². The van der Waals surface area contributed by atoms with Gasteiger partial charge in [-0.15, -0.1) is 0 Å². The summed E-state index contributed by atoms with van der Waals surface area (Å²) in [5, 5.41) is 10.5. The Bertz CT molecular complexity index is 851. The molecule has 3 rings (SSSR count). The topological polar surface area (TPSA) is 106 Å². The maximum absolute atomic E-state index is 12.4. The van der Waals surface area contributed by atoms with Gasteiger partial charge in [-0.05, 0) is 37.2 Å². The Hall–Kier alpha value is -2.67. The summed E-state index contributed by atoms with van der Waals surface area (Å²) in [6, 6.07) is 10.1. The molecule has 0 bridgehead atoms. The first-order chi connectivity index (χ1) is 12.5. The second-order valence-electron chi connectivity index (χ2n) is 6.71. The molecule has 1 saturated heterocycles. The van der Waals surface area contributed by atoms with Crippen LogP contribution in [0.4, 0.5) is 0 Å². The second kappa shape index (κ2) is 8.14. The minimum atomic E-state index is -0.677. The zero-order chi connectivity index (χ0) is 18.5. The molecule has 138 valence electrons. The normalized spacial score (nSPS) is 16.4. The Morgan fingerprint density at radius 2 is 1.88 bits per heavy atom. The number of H-pyrrole nitrogens is 2. The minimum absolute atomic E-state index is 0.0623. The molecule has 0 saturated carbocycles. The first-order valence-electron chi connectivity index (χ1n) is 8.88. The van der Waals surface area contributed by atoms with Crippen molar-refractivity contribution in [3.05, 3.63) is 68.5 Å². The Balaban J connectivity index is 1.52. The third-order valence-corrected chi connectivity index (χ3v) is 4.99. The highest BCUT2D eigenvalue weighted by Gasteiger charge is 2.28. The molecule has 1 aromatic carbocycles. The summed E-state index contributed by atoms with van der Waals surface area (Å²) in [7, 11) is 0. The van der Waals surface area contributed by atoms with Gasteiger partial charge in [0.1, 0.15) is 5.56 Å². The van der Waals surface area contributed by atoms with E-state index in [1.165, 1.54) is 5.56 Å². The number of benzene rings is 1. The van der Waals surface area contributed by atoms with Crippen LogP contribution in [0.2, 0.25) is 0 Å². The first kappa shape index (κ1) is 18.1. The van der Waals surface area contributed by atoms with E-state index in [4.69, 9.17) is 0 Å². The van der Waals surface area contributed by atoms with Crippen molar-refractivity contribution in [2.45, 2.75) is 31.8 Å². The minimum Gasteiger partial charge on any atom is -0.393 e. The van der Waals surface area contributed by atoms with Crippen molar-refractivity contribution in [2.75, 3.05) is 13.1 Å². The number of hydrogen-bond donors (Lipinski definition) is 3. The van der Waals surface area contributed by atoms with Crippen LogP contribution in [0.15, 0.2) is 46.1 Å². The van der Waals surface area contributed by atoms with Crippen molar-refractivity contribution in [3.8, 4) is 0 Å². The lowest BCUT2D eigenvalue weighted by molar-refractivity contribution is 0.0435. The summed E-state index contributed by atoms with van der Waals surface area (Å²) >= 11 is 0. The van der Waals surface area contributed by atoms with Crippen LogP contribution in [0.25, 0.3) is 0 Å².